The molecule has 11 rings (SSSR count). The number of aromatic nitrogens is 4. The third kappa shape index (κ3) is 4.46. The van der Waals surface area contributed by atoms with Gasteiger partial charge in [0.2, 0.25) is 0 Å². The number of hydrogen-bond acceptors (Lipinski definition) is 6. The second-order valence-electron chi connectivity index (χ2n) is 13.1. The standard InChI is InChI=1S/C46H25N5OS/c47-26-27-18-20-29(21-19-27)45-48-44(28-10-2-1-3-11-28)49-46(50-45)30-22-24-31(25-23-30)51-35-15-7-4-12-32(35)38-39-34-14-6-9-17-37(34)53-43(39)40-33-13-5-8-16-36(33)52-42(40)41(38)51/h1-25H. The van der Waals surface area contributed by atoms with E-state index in [0.717, 1.165) is 55.3 Å². The summed E-state index contributed by atoms with van der Waals surface area (Å²) in [5.74, 6) is 1.70. The molecule has 0 aliphatic heterocycles. The van der Waals surface area contributed by atoms with Gasteiger partial charge < -0.3 is 8.98 Å². The van der Waals surface area contributed by atoms with Crippen molar-refractivity contribution in [2.45, 2.75) is 0 Å². The Labute approximate surface area is 306 Å². The normalized spacial score (nSPS) is 11.8. The SMILES string of the molecule is N#Cc1ccc(-c2nc(-c3ccccc3)nc(-c3ccc(-n4c5ccccc5c5c6c7ccccc7sc6c6c7ccccc7oc6c54)cc3)n2)cc1. The van der Waals surface area contributed by atoms with E-state index in [4.69, 9.17) is 19.4 Å². The van der Waals surface area contributed by atoms with Crippen LogP contribution in [-0.2, 0) is 0 Å². The van der Waals surface area contributed by atoms with Crippen molar-refractivity contribution in [1.82, 2.24) is 19.5 Å². The van der Waals surface area contributed by atoms with E-state index in [1.165, 1.54) is 30.9 Å². The van der Waals surface area contributed by atoms with Crippen molar-refractivity contribution in [3.63, 3.8) is 0 Å². The third-order valence-corrected chi connectivity index (χ3v) is 11.3. The fourth-order valence-electron chi connectivity index (χ4n) is 7.69. The molecule has 0 N–H and O–H groups in total. The van der Waals surface area contributed by atoms with Crippen LogP contribution in [0.15, 0.2) is 156 Å². The van der Waals surface area contributed by atoms with E-state index in [9.17, 15) is 5.26 Å². The Hall–Kier alpha value is -7.14. The largest absolute Gasteiger partial charge is 0.454 e. The summed E-state index contributed by atoms with van der Waals surface area (Å²) in [5, 5.41) is 16.5. The smallest absolute Gasteiger partial charge is 0.164 e. The fraction of sp³-hybridized carbons (Fsp3) is 0. The molecule has 0 unspecified atom stereocenters. The van der Waals surface area contributed by atoms with Gasteiger partial charge >= 0.3 is 0 Å². The molecule has 7 heteroatoms. The molecule has 0 atom stereocenters. The van der Waals surface area contributed by atoms with Crippen LogP contribution in [0.5, 0.6) is 0 Å². The van der Waals surface area contributed by atoms with Crippen molar-refractivity contribution in [3.05, 3.63) is 157 Å². The van der Waals surface area contributed by atoms with E-state index in [1.807, 2.05) is 59.9 Å². The maximum Gasteiger partial charge on any atom is 0.164 e. The number of hydrogen-bond donors (Lipinski definition) is 0. The number of benzene rings is 7. The van der Waals surface area contributed by atoms with E-state index in [2.05, 4.69) is 102 Å². The van der Waals surface area contributed by atoms with Crippen molar-refractivity contribution < 1.29 is 4.42 Å². The molecule has 0 fully saturated rings. The number of nitriles is 1. The first kappa shape index (κ1) is 29.6. The van der Waals surface area contributed by atoms with Crippen LogP contribution in [0, 0.1) is 11.3 Å². The van der Waals surface area contributed by atoms with Gasteiger partial charge in [-0.2, -0.15) is 5.26 Å². The summed E-state index contributed by atoms with van der Waals surface area (Å²) < 4.78 is 11.7. The minimum atomic E-state index is 0.545. The lowest BCUT2D eigenvalue weighted by Crippen LogP contribution is -2.00. The molecule has 0 aliphatic rings. The highest BCUT2D eigenvalue weighted by Crippen LogP contribution is 2.50. The molecule has 0 saturated heterocycles. The van der Waals surface area contributed by atoms with Gasteiger partial charge in [-0.1, -0.05) is 84.9 Å². The Balaban J connectivity index is 1.16. The summed E-state index contributed by atoms with van der Waals surface area (Å²) in [6, 6.07) is 53.6. The molecule has 0 radical (unpaired) electrons. The lowest BCUT2D eigenvalue weighted by molar-refractivity contribution is 0.671. The number of fused-ring (bicyclic) bond motifs is 12. The third-order valence-electron chi connectivity index (χ3n) is 10.1. The molecule has 4 aromatic heterocycles. The molecular formula is C46H25N5OS. The molecule has 4 heterocycles. The Morgan fingerprint density at radius 3 is 1.83 bits per heavy atom. The highest BCUT2D eigenvalue weighted by atomic mass is 32.1. The van der Waals surface area contributed by atoms with Gasteiger partial charge in [-0.05, 0) is 66.7 Å². The second kappa shape index (κ2) is 11.4. The number of nitrogens with zero attached hydrogens (tertiary/aromatic N) is 5. The van der Waals surface area contributed by atoms with Crippen LogP contribution in [0.25, 0.3) is 104 Å². The van der Waals surface area contributed by atoms with Gasteiger partial charge in [0, 0.05) is 64.1 Å². The van der Waals surface area contributed by atoms with Crippen molar-refractivity contribution in [2.24, 2.45) is 0 Å². The van der Waals surface area contributed by atoms with Crippen LogP contribution in [0.2, 0.25) is 0 Å². The lowest BCUT2D eigenvalue weighted by atomic mass is 10.0. The first-order valence-electron chi connectivity index (χ1n) is 17.3. The van der Waals surface area contributed by atoms with Gasteiger partial charge in [-0.15, -0.1) is 11.3 Å². The molecule has 6 nitrogen and oxygen atoms in total. The predicted molar refractivity (Wildman–Crippen MR) is 215 cm³/mol. The van der Waals surface area contributed by atoms with E-state index in [0.29, 0.717) is 23.0 Å². The molecule has 0 saturated carbocycles. The number of rotatable bonds is 4. The Morgan fingerprint density at radius 1 is 0.528 bits per heavy atom. The van der Waals surface area contributed by atoms with Crippen LogP contribution >= 0.6 is 11.3 Å². The summed E-state index contributed by atoms with van der Waals surface area (Å²) >= 11 is 1.84. The molecule has 0 aliphatic carbocycles. The Kier molecular flexibility index (Phi) is 6.38. The summed E-state index contributed by atoms with van der Waals surface area (Å²) in [6.45, 7) is 0. The van der Waals surface area contributed by atoms with E-state index >= 15 is 0 Å². The molecule has 11 aromatic rings. The monoisotopic (exact) mass is 695 g/mol. The summed E-state index contributed by atoms with van der Waals surface area (Å²) in [7, 11) is 0. The average Bonchev–Trinajstić information content (AvgIpc) is 3.91. The lowest BCUT2D eigenvalue weighted by Gasteiger charge is -2.11. The maximum absolute atomic E-state index is 9.36. The van der Waals surface area contributed by atoms with Crippen LogP contribution in [0.4, 0.5) is 0 Å². The highest BCUT2D eigenvalue weighted by molar-refractivity contribution is 7.27. The zero-order chi connectivity index (χ0) is 35.0. The minimum Gasteiger partial charge on any atom is -0.454 e. The van der Waals surface area contributed by atoms with Crippen LogP contribution in [0.1, 0.15) is 5.56 Å². The molecule has 0 bridgehead atoms. The van der Waals surface area contributed by atoms with Gasteiger partial charge in [0.15, 0.2) is 23.1 Å². The zero-order valence-electron chi connectivity index (χ0n) is 28.0. The van der Waals surface area contributed by atoms with Crippen LogP contribution < -0.4 is 0 Å². The van der Waals surface area contributed by atoms with Crippen molar-refractivity contribution >= 4 is 75.3 Å². The second-order valence-corrected chi connectivity index (χ2v) is 14.1. The van der Waals surface area contributed by atoms with E-state index in [-0.39, 0.29) is 0 Å². The highest BCUT2D eigenvalue weighted by Gasteiger charge is 2.25. The van der Waals surface area contributed by atoms with E-state index in [1.54, 1.807) is 12.1 Å². The van der Waals surface area contributed by atoms with Crippen molar-refractivity contribution in [2.75, 3.05) is 0 Å². The van der Waals surface area contributed by atoms with Crippen LogP contribution in [0.3, 0.4) is 0 Å². The molecule has 0 amide bonds. The van der Waals surface area contributed by atoms with Crippen molar-refractivity contribution in [1.29, 1.82) is 5.26 Å². The molecule has 246 valence electrons. The van der Waals surface area contributed by atoms with Crippen molar-refractivity contribution in [3.8, 4) is 45.9 Å². The molecular weight excluding hydrogens is 671 g/mol. The maximum atomic E-state index is 9.36. The minimum absolute atomic E-state index is 0.545. The average molecular weight is 696 g/mol. The number of para-hydroxylation sites is 2. The van der Waals surface area contributed by atoms with Gasteiger partial charge in [0.1, 0.15) is 5.58 Å². The summed E-state index contributed by atoms with van der Waals surface area (Å²) in [6.07, 6.45) is 0. The van der Waals surface area contributed by atoms with Crippen LogP contribution in [-0.4, -0.2) is 19.5 Å². The Morgan fingerprint density at radius 2 is 1.11 bits per heavy atom. The van der Waals surface area contributed by atoms with Gasteiger partial charge in [0.05, 0.1) is 22.7 Å². The fourth-order valence-corrected chi connectivity index (χ4v) is 8.95. The number of thiophene rings is 1. The molecule has 53 heavy (non-hydrogen) atoms. The first-order chi connectivity index (χ1) is 26.2. The first-order valence-corrected chi connectivity index (χ1v) is 18.2. The van der Waals surface area contributed by atoms with Gasteiger partial charge in [-0.3, -0.25) is 0 Å². The van der Waals surface area contributed by atoms with E-state index < -0.39 is 0 Å². The van der Waals surface area contributed by atoms with Gasteiger partial charge in [0.25, 0.3) is 0 Å². The zero-order valence-corrected chi connectivity index (χ0v) is 28.8. The summed E-state index contributed by atoms with van der Waals surface area (Å²) in [4.78, 5) is 14.7. The molecule has 0 spiro atoms. The molecule has 7 aromatic carbocycles. The van der Waals surface area contributed by atoms with Gasteiger partial charge in [-0.25, -0.2) is 15.0 Å². The topological polar surface area (TPSA) is 80.5 Å². The number of furan rings is 1. The Bertz CT molecular complexity index is 3280. The summed E-state index contributed by atoms with van der Waals surface area (Å²) in [5.41, 5.74) is 8.09. The quantitative estimate of drug-likeness (QED) is 0.183. The predicted octanol–water partition coefficient (Wildman–Crippen LogP) is 12.1.